The summed E-state index contributed by atoms with van der Waals surface area (Å²) in [5.41, 5.74) is 5.07. The lowest BCUT2D eigenvalue weighted by atomic mass is 10.00. The number of halogens is 3. The third-order valence-corrected chi connectivity index (χ3v) is 8.74. The first-order chi connectivity index (χ1) is 17.8. The Bertz CT molecular complexity index is 997. The van der Waals surface area contributed by atoms with E-state index in [-0.39, 0.29) is 34.1 Å². The van der Waals surface area contributed by atoms with Gasteiger partial charge in [0.25, 0.3) is 17.7 Å². The van der Waals surface area contributed by atoms with Crippen molar-refractivity contribution >= 4 is 91.2 Å². The van der Waals surface area contributed by atoms with Crippen molar-refractivity contribution in [2.24, 2.45) is 5.73 Å². The Labute approximate surface area is 258 Å². The molecule has 14 nitrogen and oxygen atoms in total. The molecule has 0 spiro atoms. The van der Waals surface area contributed by atoms with Gasteiger partial charge in [-0.2, -0.15) is 0 Å². The number of benzene rings is 1. The van der Waals surface area contributed by atoms with Crippen LogP contribution in [0.4, 0.5) is 5.69 Å². The van der Waals surface area contributed by atoms with Crippen molar-refractivity contribution in [2.45, 2.75) is 37.3 Å². The van der Waals surface area contributed by atoms with Crippen LogP contribution < -0.4 is 10.6 Å². The fourth-order valence-electron chi connectivity index (χ4n) is 3.66. The molecule has 0 fully saturated rings. The molecule has 0 aromatic heterocycles. The highest BCUT2D eigenvalue weighted by Gasteiger charge is 2.41. The molecule has 1 rings (SSSR count). The van der Waals surface area contributed by atoms with E-state index in [0.29, 0.717) is 4.90 Å². The fourth-order valence-corrected chi connectivity index (χ4v) is 8.40. The monoisotopic (exact) mass is 881 g/mol. The van der Waals surface area contributed by atoms with E-state index in [1.54, 1.807) is 67.8 Å². The second-order valence-electron chi connectivity index (χ2n) is 8.01. The lowest BCUT2D eigenvalue weighted by molar-refractivity contribution is -0.125. The van der Waals surface area contributed by atoms with Crippen molar-refractivity contribution in [3.05, 3.63) is 21.8 Å². The van der Waals surface area contributed by atoms with Gasteiger partial charge in [-0.25, -0.2) is 0 Å². The molecule has 0 aliphatic heterocycles. The highest BCUT2D eigenvalue weighted by atomic mass is 127. The summed E-state index contributed by atoms with van der Waals surface area (Å²) < 4.78 is 0.142. The van der Waals surface area contributed by atoms with Gasteiger partial charge >= 0.3 is 0 Å². The standard InChI is InChI=1S/C21H30I3N3O11/c1-8(33)20(37)26(2-3-28)18-16(23)13(19(25)36)15(22)14(17(18)24)21(38)27(9(4-29)11(34)6-31)10(5-30)12(35)7-32/h8-12,28-35H,2-7H2,1H3,(H2,25,36). The quantitative estimate of drug-likeness (QED) is 0.0864. The molecule has 5 unspecified atom stereocenters. The zero-order valence-electron chi connectivity index (χ0n) is 20.0. The Hall–Kier alpha value is -0.500. The second kappa shape index (κ2) is 16.1. The molecule has 1 aromatic rings. The SMILES string of the molecule is CC(O)C(=O)N(CCO)c1c(I)c(C(N)=O)c(I)c(C(=O)N(C(CO)C(O)CO)C(CO)C(O)CO)c1I. The predicted molar refractivity (Wildman–Crippen MR) is 158 cm³/mol. The second-order valence-corrected chi connectivity index (χ2v) is 11.2. The molecule has 10 N–H and O–H groups in total. The van der Waals surface area contributed by atoms with Gasteiger partial charge in [-0.15, -0.1) is 0 Å². The van der Waals surface area contributed by atoms with Crippen LogP contribution in [0.3, 0.4) is 0 Å². The molecular weight excluding hydrogens is 851 g/mol. The Morgan fingerprint density at radius 2 is 1.24 bits per heavy atom. The number of primary amides is 1. The van der Waals surface area contributed by atoms with Crippen LogP contribution in [0.5, 0.6) is 0 Å². The Morgan fingerprint density at radius 1 is 0.789 bits per heavy atom. The lowest BCUT2D eigenvalue weighted by Crippen LogP contribution is -2.60. The van der Waals surface area contributed by atoms with Crippen LogP contribution >= 0.6 is 67.8 Å². The van der Waals surface area contributed by atoms with E-state index in [1.807, 2.05) is 0 Å². The number of aliphatic hydroxyl groups is 8. The van der Waals surface area contributed by atoms with E-state index in [9.17, 15) is 55.2 Å². The molecule has 0 saturated carbocycles. The first-order valence-electron chi connectivity index (χ1n) is 11.0. The van der Waals surface area contributed by atoms with Gasteiger partial charge in [0.05, 0.1) is 81.3 Å². The first kappa shape index (κ1) is 35.5. The number of carbonyl (C=O) groups is 3. The number of nitrogens with zero attached hydrogens (tertiary/aromatic N) is 2. The highest BCUT2D eigenvalue weighted by Crippen LogP contribution is 2.39. The van der Waals surface area contributed by atoms with Crippen LogP contribution in [-0.4, -0.2) is 133 Å². The van der Waals surface area contributed by atoms with Crippen molar-refractivity contribution in [1.29, 1.82) is 0 Å². The third-order valence-electron chi connectivity index (χ3n) is 5.56. The molecule has 0 radical (unpaired) electrons. The van der Waals surface area contributed by atoms with Gasteiger partial charge in [0.1, 0.15) is 6.10 Å². The number of hydrogen-bond acceptors (Lipinski definition) is 11. The summed E-state index contributed by atoms with van der Waals surface area (Å²) in [6, 6.07) is -3.19. The molecule has 38 heavy (non-hydrogen) atoms. The van der Waals surface area contributed by atoms with Gasteiger partial charge in [-0.3, -0.25) is 14.4 Å². The minimum atomic E-state index is -1.75. The normalized spacial score (nSPS) is 15.4. The van der Waals surface area contributed by atoms with Crippen LogP contribution in [0.25, 0.3) is 0 Å². The number of aliphatic hydroxyl groups excluding tert-OH is 8. The van der Waals surface area contributed by atoms with Crippen molar-refractivity contribution in [2.75, 3.05) is 44.5 Å². The van der Waals surface area contributed by atoms with Crippen molar-refractivity contribution in [3.8, 4) is 0 Å². The average molecular weight is 881 g/mol. The number of rotatable bonds is 14. The minimum Gasteiger partial charge on any atom is -0.395 e. The smallest absolute Gasteiger partial charge is 0.256 e. The molecule has 216 valence electrons. The summed E-state index contributed by atoms with van der Waals surface area (Å²) in [6.07, 6.45) is -5.03. The van der Waals surface area contributed by atoms with E-state index >= 15 is 0 Å². The predicted octanol–water partition coefficient (Wildman–Crippen LogP) is -2.82. The Morgan fingerprint density at radius 3 is 1.58 bits per heavy atom. The van der Waals surface area contributed by atoms with Gasteiger partial charge in [0.15, 0.2) is 0 Å². The van der Waals surface area contributed by atoms with E-state index < -0.39 is 81.2 Å². The summed E-state index contributed by atoms with van der Waals surface area (Å²) >= 11 is 5.10. The largest absolute Gasteiger partial charge is 0.395 e. The molecular formula is C21H30I3N3O11. The number of anilines is 1. The van der Waals surface area contributed by atoms with Gasteiger partial charge in [-0.1, -0.05) is 0 Å². The number of amides is 3. The van der Waals surface area contributed by atoms with Gasteiger partial charge in [0, 0.05) is 10.1 Å². The van der Waals surface area contributed by atoms with Gasteiger partial charge in [0.2, 0.25) is 0 Å². The lowest BCUT2D eigenvalue weighted by Gasteiger charge is -2.40. The van der Waals surface area contributed by atoms with E-state index in [0.717, 1.165) is 4.90 Å². The summed E-state index contributed by atoms with van der Waals surface area (Å²) in [6.45, 7) is -3.42. The summed E-state index contributed by atoms with van der Waals surface area (Å²) in [5.74, 6) is -2.92. The van der Waals surface area contributed by atoms with Crippen molar-refractivity contribution in [3.63, 3.8) is 0 Å². The van der Waals surface area contributed by atoms with E-state index in [4.69, 9.17) is 5.73 Å². The molecule has 0 heterocycles. The molecule has 0 aliphatic rings. The Kier molecular flexibility index (Phi) is 15.0. The van der Waals surface area contributed by atoms with Crippen LogP contribution in [0.15, 0.2) is 0 Å². The maximum Gasteiger partial charge on any atom is 0.256 e. The molecule has 0 aliphatic carbocycles. The van der Waals surface area contributed by atoms with Crippen LogP contribution in [0, 0.1) is 10.7 Å². The zero-order valence-corrected chi connectivity index (χ0v) is 26.5. The van der Waals surface area contributed by atoms with Crippen LogP contribution in [0.2, 0.25) is 0 Å². The molecule has 17 heteroatoms. The minimum absolute atomic E-state index is 0.0125. The van der Waals surface area contributed by atoms with Crippen LogP contribution in [-0.2, 0) is 4.79 Å². The molecule has 1 aromatic carbocycles. The molecule has 0 bridgehead atoms. The highest BCUT2D eigenvalue weighted by molar-refractivity contribution is 14.1. The Balaban J connectivity index is 4.17. The maximum atomic E-state index is 14.1. The van der Waals surface area contributed by atoms with Crippen molar-refractivity contribution in [1.82, 2.24) is 4.90 Å². The summed E-state index contributed by atoms with van der Waals surface area (Å²) in [7, 11) is 0. The zero-order chi connectivity index (χ0) is 29.5. The van der Waals surface area contributed by atoms with Gasteiger partial charge in [-0.05, 0) is 74.7 Å². The maximum absolute atomic E-state index is 14.1. The molecule has 0 saturated heterocycles. The third kappa shape index (κ3) is 7.61. The molecule has 5 atom stereocenters. The fraction of sp³-hybridized carbons (Fsp3) is 0.571. The van der Waals surface area contributed by atoms with E-state index in [2.05, 4.69) is 0 Å². The van der Waals surface area contributed by atoms with Crippen LogP contribution in [0.1, 0.15) is 27.6 Å². The van der Waals surface area contributed by atoms with Crippen molar-refractivity contribution < 1.29 is 55.2 Å². The number of hydrogen-bond donors (Lipinski definition) is 9. The van der Waals surface area contributed by atoms with Gasteiger partial charge < -0.3 is 56.4 Å². The van der Waals surface area contributed by atoms with E-state index in [1.165, 1.54) is 6.92 Å². The first-order valence-corrected chi connectivity index (χ1v) is 14.2. The average Bonchev–Trinajstić information content (AvgIpc) is 2.86. The number of carbonyl (C=O) groups excluding carboxylic acids is 3. The summed E-state index contributed by atoms with van der Waals surface area (Å²) in [4.78, 5) is 41.1. The summed E-state index contributed by atoms with van der Waals surface area (Å²) in [5, 5.41) is 79.2. The molecule has 3 amide bonds. The topological polar surface area (TPSA) is 246 Å². The number of nitrogens with two attached hydrogens (primary N) is 1.